The Labute approximate surface area is 176 Å². The summed E-state index contributed by atoms with van der Waals surface area (Å²) in [6, 6.07) is 6.99. The monoisotopic (exact) mass is 416 g/mol. The van der Waals surface area contributed by atoms with Gasteiger partial charge < -0.3 is 24.7 Å². The van der Waals surface area contributed by atoms with Crippen molar-refractivity contribution in [1.29, 1.82) is 5.26 Å². The zero-order valence-corrected chi connectivity index (χ0v) is 17.6. The van der Waals surface area contributed by atoms with Gasteiger partial charge in [-0.2, -0.15) is 5.26 Å². The predicted molar refractivity (Wildman–Crippen MR) is 108 cm³/mol. The number of carbonyl (C=O) groups is 2. The van der Waals surface area contributed by atoms with E-state index in [1.54, 1.807) is 18.2 Å². The Bertz CT molecular complexity index is 843. The number of rotatable bonds is 10. The lowest BCUT2D eigenvalue weighted by Crippen LogP contribution is -2.34. The van der Waals surface area contributed by atoms with Crippen LogP contribution in [0.3, 0.4) is 0 Å². The Balaban J connectivity index is 2.50. The van der Waals surface area contributed by atoms with Crippen LogP contribution in [0.15, 0.2) is 29.7 Å². The first-order chi connectivity index (χ1) is 14.5. The average molecular weight is 416 g/mol. The van der Waals surface area contributed by atoms with Gasteiger partial charge in [0.05, 0.1) is 32.3 Å². The largest absolute Gasteiger partial charge is 0.493 e. The van der Waals surface area contributed by atoms with Crippen LogP contribution in [0.4, 0.5) is 0 Å². The molecule has 0 aromatic heterocycles. The van der Waals surface area contributed by atoms with E-state index in [2.05, 4.69) is 0 Å². The lowest BCUT2D eigenvalue weighted by Gasteiger charge is -2.30. The maximum atomic E-state index is 12.8. The molecule has 0 spiro atoms. The summed E-state index contributed by atoms with van der Waals surface area (Å²) in [7, 11) is 1.46. The van der Waals surface area contributed by atoms with Gasteiger partial charge in [0, 0.05) is 5.56 Å². The Morgan fingerprint density at radius 2 is 1.87 bits per heavy atom. The van der Waals surface area contributed by atoms with Crippen LogP contribution >= 0.6 is 0 Å². The topological polar surface area (TPSA) is 121 Å². The molecule has 0 fully saturated rings. The second-order valence-electron chi connectivity index (χ2n) is 6.85. The van der Waals surface area contributed by atoms with E-state index in [0.29, 0.717) is 24.2 Å². The molecule has 0 bridgehead atoms. The molecule has 0 unspecified atom stereocenters. The summed E-state index contributed by atoms with van der Waals surface area (Å²) < 4.78 is 21.6. The quantitative estimate of drug-likeness (QED) is 0.456. The van der Waals surface area contributed by atoms with Crippen molar-refractivity contribution >= 4 is 11.9 Å². The molecule has 0 saturated carbocycles. The van der Waals surface area contributed by atoms with Gasteiger partial charge in [-0.05, 0) is 18.9 Å². The number of hydrogen-bond donors (Lipinski definition) is 1. The summed E-state index contributed by atoms with van der Waals surface area (Å²) in [5, 5.41) is 9.82. The molecule has 8 heteroatoms. The molecule has 8 nitrogen and oxygen atoms in total. The van der Waals surface area contributed by atoms with E-state index >= 15 is 0 Å². The average Bonchev–Trinajstić information content (AvgIpc) is 2.74. The molecule has 0 aliphatic carbocycles. The van der Waals surface area contributed by atoms with Gasteiger partial charge in [-0.3, -0.25) is 4.79 Å². The molecule has 0 radical (unpaired) electrons. The highest BCUT2D eigenvalue weighted by Crippen LogP contribution is 2.47. The van der Waals surface area contributed by atoms with Gasteiger partial charge in [0.1, 0.15) is 5.57 Å². The van der Waals surface area contributed by atoms with Crippen molar-refractivity contribution in [2.75, 3.05) is 20.3 Å². The third-order valence-corrected chi connectivity index (χ3v) is 4.77. The lowest BCUT2D eigenvalue weighted by atomic mass is 9.79. The highest BCUT2D eigenvalue weighted by Gasteiger charge is 2.44. The van der Waals surface area contributed by atoms with Gasteiger partial charge in [-0.25, -0.2) is 4.79 Å². The molecule has 0 saturated heterocycles. The Hall–Kier alpha value is -3.21. The van der Waals surface area contributed by atoms with Gasteiger partial charge >= 0.3 is 11.9 Å². The van der Waals surface area contributed by atoms with Gasteiger partial charge in [0.25, 0.3) is 0 Å². The fraction of sp³-hybridized carbons (Fsp3) is 0.500. The van der Waals surface area contributed by atoms with Crippen molar-refractivity contribution < 1.29 is 28.5 Å². The maximum absolute atomic E-state index is 12.8. The zero-order valence-electron chi connectivity index (χ0n) is 17.6. The number of para-hydroxylation sites is 1. The maximum Gasteiger partial charge on any atom is 0.340 e. The fourth-order valence-electron chi connectivity index (χ4n) is 3.15. The number of fused-ring (bicyclic) bond motifs is 1. The van der Waals surface area contributed by atoms with Crippen molar-refractivity contribution in [3.05, 3.63) is 35.2 Å². The second-order valence-corrected chi connectivity index (χ2v) is 6.85. The van der Waals surface area contributed by atoms with E-state index < -0.39 is 23.8 Å². The van der Waals surface area contributed by atoms with E-state index in [0.717, 1.165) is 12.8 Å². The van der Waals surface area contributed by atoms with Crippen LogP contribution < -0.4 is 15.2 Å². The Morgan fingerprint density at radius 1 is 1.20 bits per heavy atom. The van der Waals surface area contributed by atoms with Crippen molar-refractivity contribution in [2.24, 2.45) is 11.7 Å². The summed E-state index contributed by atoms with van der Waals surface area (Å²) in [6.45, 7) is 4.32. The minimum Gasteiger partial charge on any atom is -0.493 e. The van der Waals surface area contributed by atoms with Crippen LogP contribution in [0.25, 0.3) is 0 Å². The third-order valence-electron chi connectivity index (χ3n) is 4.77. The molecule has 2 N–H and O–H groups in total. The zero-order chi connectivity index (χ0) is 22.1. The normalized spacial score (nSPS) is 16.0. The Kier molecular flexibility index (Phi) is 8.54. The van der Waals surface area contributed by atoms with E-state index in [1.807, 2.05) is 19.9 Å². The van der Waals surface area contributed by atoms with E-state index in [1.165, 1.54) is 7.11 Å². The number of nitrogens with zero attached hydrogens (tertiary/aromatic N) is 1. The van der Waals surface area contributed by atoms with Crippen LogP contribution in [0.5, 0.6) is 11.5 Å². The van der Waals surface area contributed by atoms with Gasteiger partial charge in [-0.1, -0.05) is 38.8 Å². The molecule has 1 aliphatic rings. The lowest BCUT2D eigenvalue weighted by molar-refractivity contribution is -0.147. The van der Waals surface area contributed by atoms with Crippen LogP contribution in [0.1, 0.15) is 51.0 Å². The summed E-state index contributed by atoms with van der Waals surface area (Å²) in [6.07, 6.45) is 3.03. The number of benzene rings is 1. The molecule has 162 valence electrons. The molecule has 2 rings (SSSR count). The SMILES string of the molecule is CCCCOC(=O)C1=C(N)Oc2c(OC)cccc2[C@@H]1[C@H](C#N)C(=O)OCCCC. The number of nitriles is 1. The van der Waals surface area contributed by atoms with Crippen LogP contribution in [-0.2, 0) is 19.1 Å². The summed E-state index contributed by atoms with van der Waals surface area (Å²) in [5.74, 6) is -3.34. The van der Waals surface area contributed by atoms with Crippen molar-refractivity contribution in [3.63, 3.8) is 0 Å². The van der Waals surface area contributed by atoms with Gasteiger partial charge in [0.2, 0.25) is 5.88 Å². The van der Waals surface area contributed by atoms with Gasteiger partial charge in [-0.15, -0.1) is 0 Å². The first-order valence-electron chi connectivity index (χ1n) is 10.1. The number of nitrogens with two attached hydrogens (primary N) is 1. The number of carbonyl (C=O) groups excluding carboxylic acids is 2. The smallest absolute Gasteiger partial charge is 0.340 e. The number of unbranched alkanes of at least 4 members (excludes halogenated alkanes) is 2. The molecule has 0 amide bonds. The number of hydrogen-bond acceptors (Lipinski definition) is 8. The number of ether oxygens (including phenoxy) is 4. The molecule has 1 aromatic carbocycles. The molecular weight excluding hydrogens is 388 g/mol. The molecule has 30 heavy (non-hydrogen) atoms. The predicted octanol–water partition coefficient (Wildman–Crippen LogP) is 3.17. The van der Waals surface area contributed by atoms with Gasteiger partial charge in [0.15, 0.2) is 17.4 Å². The van der Waals surface area contributed by atoms with E-state index in [9.17, 15) is 14.9 Å². The van der Waals surface area contributed by atoms with Crippen LogP contribution in [0.2, 0.25) is 0 Å². The summed E-state index contributed by atoms with van der Waals surface area (Å²) in [5.41, 5.74) is 6.44. The van der Waals surface area contributed by atoms with E-state index in [-0.39, 0.29) is 30.4 Å². The van der Waals surface area contributed by atoms with Crippen molar-refractivity contribution in [2.45, 2.75) is 45.4 Å². The summed E-state index contributed by atoms with van der Waals surface area (Å²) >= 11 is 0. The molecule has 2 atom stereocenters. The van der Waals surface area contributed by atoms with E-state index in [4.69, 9.17) is 24.7 Å². The number of methoxy groups -OCH3 is 1. The summed E-state index contributed by atoms with van der Waals surface area (Å²) in [4.78, 5) is 25.5. The molecule has 1 heterocycles. The standard InChI is InChI=1S/C22H28N2O6/c1-4-6-11-28-21(25)15(13-23)17-14-9-8-10-16(27-3)19(14)30-20(24)18(17)22(26)29-12-7-5-2/h8-10,15,17H,4-7,11-12,24H2,1-3H3/t15-,17+/m0/s1. The highest BCUT2D eigenvalue weighted by atomic mass is 16.5. The molecule has 1 aliphatic heterocycles. The van der Waals surface area contributed by atoms with Crippen molar-refractivity contribution in [3.8, 4) is 17.6 Å². The van der Waals surface area contributed by atoms with Crippen LogP contribution in [-0.4, -0.2) is 32.3 Å². The van der Waals surface area contributed by atoms with Crippen LogP contribution in [0, 0.1) is 17.2 Å². The van der Waals surface area contributed by atoms with Crippen molar-refractivity contribution in [1.82, 2.24) is 0 Å². The Morgan fingerprint density at radius 3 is 2.47 bits per heavy atom. The third kappa shape index (κ3) is 5.03. The first-order valence-corrected chi connectivity index (χ1v) is 10.1. The molecule has 1 aromatic rings. The minimum absolute atomic E-state index is 0.0640. The minimum atomic E-state index is -1.30. The number of esters is 2. The first kappa shape index (κ1) is 23.1. The fourth-order valence-corrected chi connectivity index (χ4v) is 3.15. The molecular formula is C22H28N2O6. The highest BCUT2D eigenvalue weighted by molar-refractivity contribution is 5.94. The second kappa shape index (κ2) is 11.1.